The predicted octanol–water partition coefficient (Wildman–Crippen LogP) is 2.37. The van der Waals surface area contributed by atoms with E-state index in [1.54, 1.807) is 29.2 Å². The number of halogens is 2. The van der Waals surface area contributed by atoms with Crippen molar-refractivity contribution in [2.45, 2.75) is 49.9 Å². The normalized spacial score (nSPS) is 25.1. The highest BCUT2D eigenvalue weighted by Gasteiger charge is 2.50. The van der Waals surface area contributed by atoms with Crippen molar-refractivity contribution in [3.05, 3.63) is 50.6 Å². The van der Waals surface area contributed by atoms with E-state index in [1.807, 2.05) is 7.05 Å². The Bertz CT molecular complexity index is 1470. The molecule has 10 nitrogen and oxygen atoms in total. The molecule has 2 amide bonds. The number of likely N-dealkylation sites (tertiary alicyclic amines) is 1. The number of likely N-dealkylation sites (N-methyl/N-ethyl adjacent to an activating group) is 1. The number of rotatable bonds is 5. The smallest absolute Gasteiger partial charge is 0.280 e. The Kier molecular flexibility index (Phi) is 7.99. The first-order valence-corrected chi connectivity index (χ1v) is 14.4. The fraction of sp³-hybridized carbons (Fsp3) is 0.481. The second-order valence-electron chi connectivity index (χ2n) is 11.1. The number of carbonyl (C=O) groups excluding carboxylic acids is 3. The number of benzene rings is 1. The second-order valence-corrected chi connectivity index (χ2v) is 12.6. The van der Waals surface area contributed by atoms with E-state index in [-0.39, 0.29) is 42.8 Å². The Morgan fingerprint density at radius 2 is 2.05 bits per heavy atom. The number of Topliss-reactive ketones (excluding diaryl/α,β-unsaturated/α-hetero) is 1. The van der Waals surface area contributed by atoms with Crippen molar-refractivity contribution in [3.63, 3.8) is 0 Å². The molecule has 3 aliphatic rings. The molecule has 2 aliphatic heterocycles. The number of aromatic amines is 1. The van der Waals surface area contributed by atoms with Crippen molar-refractivity contribution < 1.29 is 19.5 Å². The van der Waals surface area contributed by atoms with Gasteiger partial charge in [-0.25, -0.2) is 4.98 Å². The maximum absolute atomic E-state index is 13.9. The Morgan fingerprint density at radius 3 is 2.80 bits per heavy atom. The number of aliphatic hydroxyl groups excluding tert-OH is 1. The molecule has 2 aromatic heterocycles. The van der Waals surface area contributed by atoms with Gasteiger partial charge in [-0.15, -0.1) is 23.7 Å². The van der Waals surface area contributed by atoms with Crippen LogP contribution in [-0.2, 0) is 17.8 Å². The number of carbonyl (C=O) groups is 3. The predicted molar refractivity (Wildman–Crippen MR) is 155 cm³/mol. The van der Waals surface area contributed by atoms with Crippen molar-refractivity contribution in [1.29, 1.82) is 0 Å². The zero-order chi connectivity index (χ0) is 27.5. The molecule has 1 saturated heterocycles. The van der Waals surface area contributed by atoms with E-state index in [0.29, 0.717) is 35.2 Å². The second kappa shape index (κ2) is 11.0. The highest BCUT2D eigenvalue weighted by Crippen LogP contribution is 2.36. The SMILES string of the molecule is CN1CCc2nc(C(=O)NC3CC(C(=O)N4CC(O)C4)CCC3(N)C(=O)c3cc4cc(Cl)ccc4[nH]3)sc2C1.Cl. The molecule has 6 rings (SSSR count). The van der Waals surface area contributed by atoms with Gasteiger partial charge in [0, 0.05) is 59.3 Å². The van der Waals surface area contributed by atoms with Gasteiger partial charge in [0.25, 0.3) is 5.91 Å². The third kappa shape index (κ3) is 5.26. The average molecular weight is 608 g/mol. The van der Waals surface area contributed by atoms with Crippen LogP contribution in [0.5, 0.6) is 0 Å². The lowest BCUT2D eigenvalue weighted by atomic mass is 9.70. The van der Waals surface area contributed by atoms with Gasteiger partial charge >= 0.3 is 0 Å². The van der Waals surface area contributed by atoms with Crippen LogP contribution in [0.1, 0.15) is 50.1 Å². The molecule has 0 radical (unpaired) electrons. The van der Waals surface area contributed by atoms with Crippen LogP contribution in [0, 0.1) is 5.92 Å². The van der Waals surface area contributed by atoms with Crippen LogP contribution >= 0.6 is 35.3 Å². The number of fused-ring (bicyclic) bond motifs is 2. The summed E-state index contributed by atoms with van der Waals surface area (Å²) in [6.07, 6.45) is 1.12. The maximum Gasteiger partial charge on any atom is 0.280 e. The number of nitrogens with zero attached hydrogens (tertiary/aromatic N) is 3. The number of thiazole rings is 1. The van der Waals surface area contributed by atoms with Gasteiger partial charge in [0.1, 0.15) is 5.54 Å². The lowest BCUT2D eigenvalue weighted by Gasteiger charge is -2.45. The van der Waals surface area contributed by atoms with Crippen LogP contribution < -0.4 is 11.1 Å². The fourth-order valence-electron chi connectivity index (χ4n) is 5.89. The highest BCUT2D eigenvalue weighted by atomic mass is 35.5. The van der Waals surface area contributed by atoms with Crippen LogP contribution in [0.3, 0.4) is 0 Å². The summed E-state index contributed by atoms with van der Waals surface area (Å²) >= 11 is 7.49. The first-order valence-electron chi connectivity index (χ1n) is 13.2. The van der Waals surface area contributed by atoms with Gasteiger partial charge in [-0.2, -0.15) is 0 Å². The summed E-state index contributed by atoms with van der Waals surface area (Å²) < 4.78 is 0. The molecule has 1 aromatic carbocycles. The summed E-state index contributed by atoms with van der Waals surface area (Å²) in [6, 6.07) is 6.25. The largest absolute Gasteiger partial charge is 0.389 e. The molecule has 4 heterocycles. The van der Waals surface area contributed by atoms with Gasteiger partial charge < -0.3 is 30.9 Å². The van der Waals surface area contributed by atoms with E-state index >= 15 is 0 Å². The van der Waals surface area contributed by atoms with E-state index in [0.717, 1.165) is 41.0 Å². The third-order valence-corrected chi connectivity index (χ3v) is 9.56. The number of hydrogen-bond donors (Lipinski definition) is 4. The Hall–Kier alpha value is -2.54. The van der Waals surface area contributed by atoms with Gasteiger partial charge in [0.15, 0.2) is 5.01 Å². The lowest BCUT2D eigenvalue weighted by molar-refractivity contribution is -0.147. The van der Waals surface area contributed by atoms with Crippen LogP contribution in [-0.4, -0.2) is 86.8 Å². The number of H-pyrrole nitrogens is 1. The third-order valence-electron chi connectivity index (χ3n) is 8.24. The Morgan fingerprint density at radius 1 is 1.27 bits per heavy atom. The van der Waals surface area contributed by atoms with Crippen molar-refractivity contribution >= 4 is 63.8 Å². The molecule has 3 atom stereocenters. The number of β-amino-alcohol motifs (C(OH)–C–C–N with tert-alkyl or cyclic N) is 1. The van der Waals surface area contributed by atoms with Crippen LogP contribution in [0.15, 0.2) is 24.3 Å². The monoisotopic (exact) mass is 606 g/mol. The first kappa shape index (κ1) is 29.0. The van der Waals surface area contributed by atoms with Crippen molar-refractivity contribution in [2.75, 3.05) is 26.7 Å². The molecule has 0 spiro atoms. The molecular weight excluding hydrogens is 575 g/mol. The molecule has 3 unspecified atom stereocenters. The lowest BCUT2D eigenvalue weighted by Crippen LogP contribution is -2.67. The summed E-state index contributed by atoms with van der Waals surface area (Å²) in [5, 5.41) is 14.4. The number of nitrogens with one attached hydrogen (secondary N) is 2. The Balaban J connectivity index is 0.00000323. The molecule has 40 heavy (non-hydrogen) atoms. The van der Waals surface area contributed by atoms with E-state index in [1.165, 1.54) is 11.3 Å². The van der Waals surface area contributed by atoms with Gasteiger partial charge in [0.05, 0.1) is 23.5 Å². The van der Waals surface area contributed by atoms with Gasteiger partial charge in [-0.1, -0.05) is 11.6 Å². The number of aliphatic hydroxyl groups is 1. The summed E-state index contributed by atoms with van der Waals surface area (Å²) in [5.41, 5.74) is 7.47. The average Bonchev–Trinajstić information content (AvgIpc) is 3.50. The molecule has 0 bridgehead atoms. The maximum atomic E-state index is 13.9. The molecule has 2 fully saturated rings. The quantitative estimate of drug-likeness (QED) is 0.326. The fourth-order valence-corrected chi connectivity index (χ4v) is 7.17. The number of ketones is 1. The highest BCUT2D eigenvalue weighted by molar-refractivity contribution is 7.13. The molecule has 5 N–H and O–H groups in total. The van der Waals surface area contributed by atoms with E-state index in [2.05, 4.69) is 20.2 Å². The van der Waals surface area contributed by atoms with Crippen LogP contribution in [0.4, 0.5) is 0 Å². The Labute approximate surface area is 246 Å². The molecule has 1 aliphatic carbocycles. The van der Waals surface area contributed by atoms with E-state index in [4.69, 9.17) is 17.3 Å². The van der Waals surface area contributed by atoms with Crippen LogP contribution in [0.25, 0.3) is 10.9 Å². The van der Waals surface area contributed by atoms with Gasteiger partial charge in [-0.05, 0) is 50.6 Å². The van der Waals surface area contributed by atoms with Gasteiger partial charge in [-0.3, -0.25) is 14.4 Å². The number of aromatic nitrogens is 2. The molecular formula is C27H32Cl2N6O4S. The van der Waals surface area contributed by atoms with Crippen LogP contribution in [0.2, 0.25) is 5.02 Å². The van der Waals surface area contributed by atoms with E-state index in [9.17, 15) is 19.5 Å². The molecule has 214 valence electrons. The van der Waals surface area contributed by atoms with Crippen molar-refractivity contribution in [1.82, 2.24) is 25.1 Å². The summed E-state index contributed by atoms with van der Waals surface area (Å²) in [5.74, 6) is -1.21. The summed E-state index contributed by atoms with van der Waals surface area (Å²) in [4.78, 5) is 53.1. The van der Waals surface area contributed by atoms with Gasteiger partial charge in [0.2, 0.25) is 11.7 Å². The summed E-state index contributed by atoms with van der Waals surface area (Å²) in [6.45, 7) is 2.23. The topological polar surface area (TPSA) is 145 Å². The zero-order valence-corrected chi connectivity index (χ0v) is 24.4. The van der Waals surface area contributed by atoms with E-state index < -0.39 is 23.6 Å². The van der Waals surface area contributed by atoms with Crippen molar-refractivity contribution in [2.24, 2.45) is 11.7 Å². The minimum atomic E-state index is -1.43. The minimum absolute atomic E-state index is 0. The first-order chi connectivity index (χ1) is 18.6. The zero-order valence-electron chi connectivity index (χ0n) is 22.0. The molecule has 1 saturated carbocycles. The molecule has 13 heteroatoms. The number of hydrogen-bond acceptors (Lipinski definition) is 8. The minimum Gasteiger partial charge on any atom is -0.389 e. The summed E-state index contributed by atoms with van der Waals surface area (Å²) in [7, 11) is 2.03. The number of amides is 2. The standard InChI is InChI=1S/C27H31ClN6O4S.ClH/c1-33-7-5-19-21(13-33)39-25(31-19)24(37)32-22-10-14(26(38)34-11-17(35)12-34)4-6-27(22,29)23(36)20-9-15-8-16(28)2-3-18(15)30-20;/h2-3,8-9,14,17,22,30,35H,4-7,10-13,29H2,1H3,(H,32,37);1H. The molecule has 3 aromatic rings. The number of nitrogens with two attached hydrogens (primary N) is 1. The van der Waals surface area contributed by atoms with Crippen molar-refractivity contribution in [3.8, 4) is 0 Å².